The molecule has 7 heteroatoms. The van der Waals surface area contributed by atoms with Crippen molar-refractivity contribution in [3.05, 3.63) is 27.7 Å². The maximum atomic E-state index is 10.0. The monoisotopic (exact) mass is 317 g/mol. The maximum absolute atomic E-state index is 10.0. The SMILES string of the molecule is CC1(C)OB([C@H](N)c2cc(Cl)cc(Cl)c2O)OC1(C)C. The minimum Gasteiger partial charge on any atom is -0.506 e. The molecule has 1 heterocycles. The molecule has 0 bridgehead atoms. The Bertz CT molecular complexity index is 521. The van der Waals surface area contributed by atoms with E-state index in [-0.39, 0.29) is 10.8 Å². The lowest BCUT2D eigenvalue weighted by Gasteiger charge is -2.32. The molecule has 0 unspecified atom stereocenters. The first kappa shape index (κ1) is 15.9. The van der Waals surface area contributed by atoms with Crippen LogP contribution < -0.4 is 5.73 Å². The van der Waals surface area contributed by atoms with Gasteiger partial charge in [0.2, 0.25) is 0 Å². The largest absolute Gasteiger partial charge is 0.506 e. The minimum absolute atomic E-state index is 0.0988. The molecule has 0 radical (unpaired) electrons. The Morgan fingerprint density at radius 3 is 2.15 bits per heavy atom. The van der Waals surface area contributed by atoms with Gasteiger partial charge in [0, 0.05) is 10.6 Å². The number of rotatable bonds is 2. The molecule has 20 heavy (non-hydrogen) atoms. The zero-order chi connectivity index (χ0) is 15.3. The van der Waals surface area contributed by atoms with Gasteiger partial charge in [-0.2, -0.15) is 0 Å². The molecule has 1 aliphatic rings. The number of hydrogen-bond acceptors (Lipinski definition) is 4. The highest BCUT2D eigenvalue weighted by Gasteiger charge is 2.53. The second-order valence-corrected chi connectivity index (χ2v) is 6.82. The molecule has 3 N–H and O–H groups in total. The maximum Gasteiger partial charge on any atom is 0.480 e. The van der Waals surface area contributed by atoms with Crippen molar-refractivity contribution in [2.75, 3.05) is 0 Å². The quantitative estimate of drug-likeness (QED) is 0.821. The number of hydrogen-bond donors (Lipinski definition) is 2. The van der Waals surface area contributed by atoms with E-state index in [2.05, 4.69) is 0 Å². The third-order valence-electron chi connectivity index (χ3n) is 3.98. The van der Waals surface area contributed by atoms with Crippen LogP contribution >= 0.6 is 23.2 Å². The van der Waals surface area contributed by atoms with Crippen LogP contribution in [-0.2, 0) is 9.31 Å². The smallest absolute Gasteiger partial charge is 0.480 e. The molecule has 1 saturated heterocycles. The van der Waals surface area contributed by atoms with Crippen molar-refractivity contribution < 1.29 is 14.4 Å². The lowest BCUT2D eigenvalue weighted by atomic mass is 9.74. The van der Waals surface area contributed by atoms with E-state index in [1.807, 2.05) is 27.7 Å². The van der Waals surface area contributed by atoms with Crippen LogP contribution in [0.3, 0.4) is 0 Å². The summed E-state index contributed by atoms with van der Waals surface area (Å²) in [4.78, 5) is 0. The average Bonchev–Trinajstić information content (AvgIpc) is 2.52. The van der Waals surface area contributed by atoms with Crippen LogP contribution in [0.1, 0.15) is 39.2 Å². The van der Waals surface area contributed by atoms with Gasteiger partial charge in [0.1, 0.15) is 5.75 Å². The van der Waals surface area contributed by atoms with Crippen LogP contribution in [-0.4, -0.2) is 23.4 Å². The summed E-state index contributed by atoms with van der Waals surface area (Å²) in [7, 11) is -0.680. The van der Waals surface area contributed by atoms with Crippen molar-refractivity contribution in [3.63, 3.8) is 0 Å². The molecule has 0 amide bonds. The summed E-state index contributed by atoms with van der Waals surface area (Å²) in [6, 6.07) is 3.03. The second-order valence-electron chi connectivity index (χ2n) is 5.98. The van der Waals surface area contributed by atoms with Gasteiger partial charge in [-0.15, -0.1) is 0 Å². The third kappa shape index (κ3) is 2.65. The lowest BCUT2D eigenvalue weighted by molar-refractivity contribution is 0.00578. The Morgan fingerprint density at radius 1 is 1.15 bits per heavy atom. The van der Waals surface area contributed by atoms with Gasteiger partial charge in [0.25, 0.3) is 0 Å². The van der Waals surface area contributed by atoms with E-state index < -0.39 is 24.3 Å². The number of phenolic OH excluding ortho intramolecular Hbond substituents is 1. The van der Waals surface area contributed by atoms with Crippen molar-refractivity contribution in [1.29, 1.82) is 0 Å². The van der Waals surface area contributed by atoms with Crippen LogP contribution in [0.25, 0.3) is 0 Å². The van der Waals surface area contributed by atoms with Gasteiger partial charge in [-0.05, 0) is 39.8 Å². The van der Waals surface area contributed by atoms with Crippen molar-refractivity contribution in [2.24, 2.45) is 5.73 Å². The fraction of sp³-hybridized carbons (Fsp3) is 0.538. The van der Waals surface area contributed by atoms with Crippen LogP contribution in [0.5, 0.6) is 5.75 Å². The van der Waals surface area contributed by atoms with Crippen LogP contribution in [0, 0.1) is 0 Å². The van der Waals surface area contributed by atoms with E-state index in [1.54, 1.807) is 6.07 Å². The zero-order valence-electron chi connectivity index (χ0n) is 11.9. The molecule has 2 rings (SSSR count). The summed E-state index contributed by atoms with van der Waals surface area (Å²) in [6.45, 7) is 7.74. The zero-order valence-corrected chi connectivity index (χ0v) is 13.4. The molecular weight excluding hydrogens is 300 g/mol. The first-order valence-electron chi connectivity index (χ1n) is 6.34. The molecule has 1 aromatic rings. The van der Waals surface area contributed by atoms with Crippen molar-refractivity contribution >= 4 is 30.3 Å². The van der Waals surface area contributed by atoms with E-state index >= 15 is 0 Å². The number of nitrogens with two attached hydrogens (primary N) is 1. The predicted octanol–water partition coefficient (Wildman–Crippen LogP) is 3.33. The number of benzene rings is 1. The van der Waals surface area contributed by atoms with E-state index in [0.29, 0.717) is 10.6 Å². The molecule has 0 spiro atoms. The molecule has 4 nitrogen and oxygen atoms in total. The third-order valence-corrected chi connectivity index (χ3v) is 4.49. The van der Waals surface area contributed by atoms with Gasteiger partial charge < -0.3 is 20.1 Å². The lowest BCUT2D eigenvalue weighted by Crippen LogP contribution is -2.41. The Balaban J connectivity index is 2.32. The van der Waals surface area contributed by atoms with Crippen molar-refractivity contribution in [1.82, 2.24) is 0 Å². The Morgan fingerprint density at radius 2 is 1.65 bits per heavy atom. The first-order chi connectivity index (χ1) is 9.05. The van der Waals surface area contributed by atoms with Crippen molar-refractivity contribution in [3.8, 4) is 5.75 Å². The molecular formula is C13H18BCl2NO3. The van der Waals surface area contributed by atoms with Gasteiger partial charge in [0.15, 0.2) is 0 Å². The Kier molecular flexibility index (Phi) is 4.04. The van der Waals surface area contributed by atoms with Gasteiger partial charge in [0.05, 0.1) is 22.2 Å². The van der Waals surface area contributed by atoms with E-state index in [1.165, 1.54) is 6.07 Å². The van der Waals surface area contributed by atoms with Crippen LogP contribution in [0.2, 0.25) is 10.0 Å². The highest BCUT2D eigenvalue weighted by atomic mass is 35.5. The van der Waals surface area contributed by atoms with Crippen LogP contribution in [0.4, 0.5) is 0 Å². The summed E-state index contributed by atoms with van der Waals surface area (Å²) >= 11 is 11.9. The van der Waals surface area contributed by atoms with Crippen LogP contribution in [0.15, 0.2) is 12.1 Å². The summed E-state index contributed by atoms with van der Waals surface area (Å²) in [5.41, 5.74) is 5.57. The molecule has 0 saturated carbocycles. The summed E-state index contributed by atoms with van der Waals surface area (Å²) < 4.78 is 11.7. The first-order valence-corrected chi connectivity index (χ1v) is 7.10. The molecule has 1 fully saturated rings. The second kappa shape index (κ2) is 5.07. The van der Waals surface area contributed by atoms with Gasteiger partial charge in [-0.25, -0.2) is 0 Å². The van der Waals surface area contributed by atoms with E-state index in [4.69, 9.17) is 38.2 Å². The van der Waals surface area contributed by atoms with Gasteiger partial charge in [-0.3, -0.25) is 0 Å². The molecule has 1 aliphatic heterocycles. The van der Waals surface area contributed by atoms with E-state index in [0.717, 1.165) is 0 Å². The molecule has 110 valence electrons. The molecule has 1 atom stereocenters. The fourth-order valence-corrected chi connectivity index (χ4v) is 2.53. The number of aromatic hydroxyl groups is 1. The summed E-state index contributed by atoms with van der Waals surface area (Å²) in [5.74, 6) is -0.787. The van der Waals surface area contributed by atoms with Crippen molar-refractivity contribution in [2.45, 2.75) is 44.8 Å². The average molecular weight is 318 g/mol. The van der Waals surface area contributed by atoms with Gasteiger partial charge in [-0.1, -0.05) is 23.2 Å². The highest BCUT2D eigenvalue weighted by molar-refractivity contribution is 6.47. The summed E-state index contributed by atoms with van der Waals surface area (Å²) in [6.07, 6.45) is 0. The molecule has 0 aliphatic carbocycles. The Hall–Kier alpha value is -0.455. The standard InChI is InChI=1S/C13H18BCl2NO3/c1-12(2)13(3,4)20-14(19-12)11(17)8-5-7(15)6-9(16)10(8)18/h5-6,11,18H,17H2,1-4H3/t11-/m1/s1. The fourth-order valence-electron chi connectivity index (χ4n) is 2.02. The minimum atomic E-state index is -0.688. The normalized spacial score (nSPS) is 22.1. The highest BCUT2D eigenvalue weighted by Crippen LogP contribution is 2.42. The Labute approximate surface area is 129 Å². The topological polar surface area (TPSA) is 64.7 Å². The summed E-state index contributed by atoms with van der Waals surface area (Å²) in [5, 5.41) is 10.6. The number of phenols is 1. The predicted molar refractivity (Wildman–Crippen MR) is 81.1 cm³/mol. The number of halogens is 2. The molecule has 1 aromatic carbocycles. The van der Waals surface area contributed by atoms with E-state index in [9.17, 15) is 5.11 Å². The molecule has 0 aromatic heterocycles. The van der Waals surface area contributed by atoms with Gasteiger partial charge >= 0.3 is 7.12 Å².